The molecule has 4 rings (SSSR count). The van der Waals surface area contributed by atoms with Crippen molar-refractivity contribution in [3.05, 3.63) is 23.5 Å². The quantitative estimate of drug-likeness (QED) is 0.911. The maximum absolute atomic E-state index is 6.05. The average Bonchev–Trinajstić information content (AvgIpc) is 3.18. The van der Waals surface area contributed by atoms with E-state index in [1.807, 2.05) is 10.7 Å². The third-order valence-electron chi connectivity index (χ3n) is 5.29. The monoisotopic (exact) mass is 299 g/mol. The Morgan fingerprint density at radius 2 is 2.14 bits per heavy atom. The minimum Gasteiger partial charge on any atom is -0.367 e. The molecular weight excluding hydrogens is 274 g/mol. The molecular formula is C17H25N5. The maximum Gasteiger partial charge on any atom is 0.160 e. The Labute approximate surface area is 131 Å². The van der Waals surface area contributed by atoms with Crippen LogP contribution in [0.4, 0.5) is 5.82 Å². The van der Waals surface area contributed by atoms with Crippen molar-refractivity contribution in [3.63, 3.8) is 0 Å². The second-order valence-corrected chi connectivity index (χ2v) is 7.17. The van der Waals surface area contributed by atoms with E-state index in [2.05, 4.69) is 30.3 Å². The Balaban J connectivity index is 1.71. The largest absolute Gasteiger partial charge is 0.367 e. The first-order chi connectivity index (χ1) is 10.6. The van der Waals surface area contributed by atoms with Crippen molar-refractivity contribution >= 4 is 11.5 Å². The number of fused-ring (bicyclic) bond motifs is 1. The zero-order valence-electron chi connectivity index (χ0n) is 13.4. The van der Waals surface area contributed by atoms with Gasteiger partial charge in [-0.2, -0.15) is 9.61 Å². The summed E-state index contributed by atoms with van der Waals surface area (Å²) in [6.07, 6.45) is 7.87. The molecule has 0 saturated heterocycles. The summed E-state index contributed by atoms with van der Waals surface area (Å²) in [5.41, 5.74) is 9.36. The molecule has 2 heterocycles. The molecule has 0 aliphatic heterocycles. The van der Waals surface area contributed by atoms with Gasteiger partial charge in [0.25, 0.3) is 0 Å². The van der Waals surface area contributed by atoms with Gasteiger partial charge in [-0.3, -0.25) is 0 Å². The number of nitrogens with two attached hydrogens (primary N) is 1. The molecule has 3 N–H and O–H groups in total. The number of nitrogens with zero attached hydrogens (tertiary/aromatic N) is 3. The lowest BCUT2D eigenvalue weighted by Gasteiger charge is -2.18. The zero-order valence-corrected chi connectivity index (χ0v) is 13.4. The first-order valence-corrected chi connectivity index (χ1v) is 8.49. The van der Waals surface area contributed by atoms with Crippen molar-refractivity contribution in [1.29, 1.82) is 0 Å². The molecule has 2 aliphatic carbocycles. The van der Waals surface area contributed by atoms with Crippen molar-refractivity contribution in [2.24, 2.45) is 11.7 Å². The number of rotatable bonds is 4. The van der Waals surface area contributed by atoms with E-state index in [0.29, 0.717) is 18.0 Å². The molecule has 2 aromatic heterocycles. The molecule has 2 aliphatic rings. The summed E-state index contributed by atoms with van der Waals surface area (Å²) >= 11 is 0. The molecule has 2 saturated carbocycles. The highest BCUT2D eigenvalue weighted by molar-refractivity contribution is 5.54. The van der Waals surface area contributed by atoms with Gasteiger partial charge in [0.15, 0.2) is 5.65 Å². The second-order valence-electron chi connectivity index (χ2n) is 7.17. The highest BCUT2D eigenvalue weighted by Gasteiger charge is 2.31. The molecule has 0 unspecified atom stereocenters. The highest BCUT2D eigenvalue weighted by atomic mass is 15.3. The first kappa shape index (κ1) is 14.0. The second kappa shape index (κ2) is 5.23. The molecule has 2 aromatic rings. The van der Waals surface area contributed by atoms with Crippen LogP contribution in [-0.4, -0.2) is 26.7 Å². The number of hydrogen-bond donors (Lipinski definition) is 2. The van der Waals surface area contributed by atoms with Crippen LogP contribution in [0.3, 0.4) is 0 Å². The van der Waals surface area contributed by atoms with Gasteiger partial charge in [-0.25, -0.2) is 4.98 Å². The average molecular weight is 299 g/mol. The van der Waals surface area contributed by atoms with E-state index in [0.717, 1.165) is 42.2 Å². The number of nitrogens with one attached hydrogen (secondary N) is 1. The lowest BCUT2D eigenvalue weighted by molar-refractivity contribution is 0.641. The third kappa shape index (κ3) is 2.47. The van der Waals surface area contributed by atoms with Crippen LogP contribution in [0.5, 0.6) is 0 Å². The molecule has 5 heteroatoms. The minimum atomic E-state index is 0.332. The van der Waals surface area contributed by atoms with E-state index >= 15 is 0 Å². The molecule has 2 fully saturated rings. The van der Waals surface area contributed by atoms with Crippen LogP contribution in [0.25, 0.3) is 5.65 Å². The lowest BCUT2D eigenvalue weighted by Crippen LogP contribution is -2.22. The molecule has 0 bridgehead atoms. The van der Waals surface area contributed by atoms with Crippen molar-refractivity contribution in [2.45, 2.75) is 64.0 Å². The Morgan fingerprint density at radius 3 is 2.82 bits per heavy atom. The van der Waals surface area contributed by atoms with Gasteiger partial charge < -0.3 is 11.1 Å². The summed E-state index contributed by atoms with van der Waals surface area (Å²) in [5, 5.41) is 8.16. The van der Waals surface area contributed by atoms with Crippen LogP contribution in [0.1, 0.15) is 56.2 Å². The van der Waals surface area contributed by atoms with Gasteiger partial charge in [0.05, 0.1) is 6.20 Å². The van der Waals surface area contributed by atoms with E-state index in [-0.39, 0.29) is 0 Å². The summed E-state index contributed by atoms with van der Waals surface area (Å²) in [5.74, 6) is 2.41. The molecule has 3 atom stereocenters. The fourth-order valence-corrected chi connectivity index (χ4v) is 3.62. The number of hydrogen-bond acceptors (Lipinski definition) is 4. The number of anilines is 1. The Bertz CT molecular complexity index is 688. The van der Waals surface area contributed by atoms with E-state index in [1.165, 1.54) is 18.5 Å². The van der Waals surface area contributed by atoms with E-state index in [9.17, 15) is 0 Å². The van der Waals surface area contributed by atoms with Crippen LogP contribution in [0, 0.1) is 12.8 Å². The summed E-state index contributed by atoms with van der Waals surface area (Å²) in [7, 11) is 0. The first-order valence-electron chi connectivity index (χ1n) is 8.49. The Hall–Kier alpha value is -1.62. The van der Waals surface area contributed by atoms with Crippen molar-refractivity contribution in [1.82, 2.24) is 14.6 Å². The van der Waals surface area contributed by atoms with Crippen molar-refractivity contribution in [3.8, 4) is 0 Å². The predicted octanol–water partition coefficient (Wildman–Crippen LogP) is 2.84. The fourth-order valence-electron chi connectivity index (χ4n) is 3.62. The maximum atomic E-state index is 6.05. The molecule has 0 amide bonds. The predicted molar refractivity (Wildman–Crippen MR) is 88.1 cm³/mol. The van der Waals surface area contributed by atoms with Gasteiger partial charge in [-0.15, -0.1) is 0 Å². The summed E-state index contributed by atoms with van der Waals surface area (Å²) in [6.45, 7) is 4.38. The van der Waals surface area contributed by atoms with Crippen LogP contribution < -0.4 is 11.1 Å². The normalized spacial score (nSPS) is 26.5. The van der Waals surface area contributed by atoms with Crippen LogP contribution >= 0.6 is 0 Å². The van der Waals surface area contributed by atoms with E-state index < -0.39 is 0 Å². The molecule has 0 spiro atoms. The van der Waals surface area contributed by atoms with Gasteiger partial charge in [0.1, 0.15) is 5.82 Å². The van der Waals surface area contributed by atoms with Gasteiger partial charge in [0, 0.05) is 35.3 Å². The minimum absolute atomic E-state index is 0.332. The van der Waals surface area contributed by atoms with Crippen LogP contribution in [-0.2, 0) is 0 Å². The number of aryl methyl sites for hydroxylation is 1. The molecule has 118 valence electrons. The van der Waals surface area contributed by atoms with Gasteiger partial charge in [-0.05, 0) is 44.9 Å². The van der Waals surface area contributed by atoms with Gasteiger partial charge in [-0.1, -0.05) is 6.92 Å². The molecule has 22 heavy (non-hydrogen) atoms. The topological polar surface area (TPSA) is 68.2 Å². The summed E-state index contributed by atoms with van der Waals surface area (Å²) < 4.78 is 1.95. The van der Waals surface area contributed by atoms with Crippen molar-refractivity contribution < 1.29 is 0 Å². The zero-order chi connectivity index (χ0) is 15.3. The molecule has 0 aromatic carbocycles. The number of aromatic nitrogens is 3. The molecule has 0 radical (unpaired) electrons. The standard InChI is InChI=1S/C17H25N5/c1-10-9-19-22-16(20-14-6-5-13(18)7-14)8-15(21-17(10)22)11(2)12-3-4-12/h8-9,11-14,20H,3-7,18H2,1-2H3/t11-,13-,14-/m0/s1. The third-order valence-corrected chi connectivity index (χ3v) is 5.29. The molecule has 5 nitrogen and oxygen atoms in total. The highest BCUT2D eigenvalue weighted by Crippen LogP contribution is 2.42. The van der Waals surface area contributed by atoms with Crippen LogP contribution in [0.15, 0.2) is 12.3 Å². The SMILES string of the molecule is Cc1cnn2c(N[C@H]3CC[C@H](N)C3)cc([C@@H](C)C3CC3)nc12. The van der Waals surface area contributed by atoms with E-state index in [1.54, 1.807) is 0 Å². The van der Waals surface area contributed by atoms with Gasteiger partial charge >= 0.3 is 0 Å². The smallest absolute Gasteiger partial charge is 0.160 e. The Kier molecular flexibility index (Phi) is 3.33. The van der Waals surface area contributed by atoms with Gasteiger partial charge in [0.2, 0.25) is 0 Å². The Morgan fingerprint density at radius 1 is 1.32 bits per heavy atom. The fraction of sp³-hybridized carbons (Fsp3) is 0.647. The van der Waals surface area contributed by atoms with E-state index in [4.69, 9.17) is 10.7 Å². The van der Waals surface area contributed by atoms with Crippen LogP contribution in [0.2, 0.25) is 0 Å². The lowest BCUT2D eigenvalue weighted by atomic mass is 10.0. The summed E-state index contributed by atoms with van der Waals surface area (Å²) in [4.78, 5) is 4.88. The van der Waals surface area contributed by atoms with Crippen molar-refractivity contribution in [2.75, 3.05) is 5.32 Å². The summed E-state index contributed by atoms with van der Waals surface area (Å²) in [6, 6.07) is 2.99.